The minimum atomic E-state index is -0.131. The number of nitrogens with zero attached hydrogens (tertiary/aromatic N) is 4. The molecule has 17 aromatic rings. The molecule has 5 heteroatoms. The van der Waals surface area contributed by atoms with E-state index in [0.717, 1.165) is 134 Å². The fourth-order valence-corrected chi connectivity index (χ4v) is 15.0. The molecule has 17 rings (SSSR count). The predicted molar refractivity (Wildman–Crippen MR) is 421 cm³/mol. The lowest BCUT2D eigenvalue weighted by atomic mass is 9.84. The maximum absolute atomic E-state index is 7.22. The van der Waals surface area contributed by atoms with Crippen molar-refractivity contribution in [1.82, 2.24) is 9.13 Å². The molecule has 99 heavy (non-hydrogen) atoms. The Morgan fingerprint density at radius 3 is 1.16 bits per heavy atom. The van der Waals surface area contributed by atoms with Crippen molar-refractivity contribution in [3.63, 3.8) is 0 Å². The highest BCUT2D eigenvalue weighted by molar-refractivity contribution is 6.31. The first kappa shape index (κ1) is 60.5. The van der Waals surface area contributed by atoms with Crippen molar-refractivity contribution in [1.29, 1.82) is 0 Å². The van der Waals surface area contributed by atoms with Crippen LogP contribution in [-0.4, -0.2) is 9.13 Å². The van der Waals surface area contributed by atoms with Gasteiger partial charge in [0.05, 0.1) is 44.8 Å². The smallest absolute Gasteiger partial charge is 0.0781 e. The van der Waals surface area contributed by atoms with E-state index in [1.54, 1.807) is 0 Å². The Hall–Kier alpha value is -12.2. The van der Waals surface area contributed by atoms with Gasteiger partial charge in [-0.1, -0.05) is 281 Å². The van der Waals surface area contributed by atoms with E-state index in [2.05, 4.69) is 398 Å². The van der Waals surface area contributed by atoms with Crippen molar-refractivity contribution in [3.05, 3.63) is 375 Å². The number of fused-ring (bicyclic) bond motifs is 6. The summed E-state index contributed by atoms with van der Waals surface area (Å²) in [5.41, 5.74) is 26.8. The molecule has 15 aromatic carbocycles. The number of aromatic nitrogens is 2. The van der Waals surface area contributed by atoms with Crippen LogP contribution in [0.2, 0.25) is 5.02 Å². The zero-order valence-corrected chi connectivity index (χ0v) is 56.1. The topological polar surface area (TPSA) is 16.3 Å². The second-order valence-electron chi connectivity index (χ2n) is 26.6. The largest absolute Gasteiger partial charge is 0.310 e. The third kappa shape index (κ3) is 11.2. The molecule has 4 nitrogen and oxygen atoms in total. The number of anilines is 6. The quantitative estimate of drug-likeness (QED) is 0.108. The van der Waals surface area contributed by atoms with Crippen LogP contribution in [0.4, 0.5) is 34.1 Å². The van der Waals surface area contributed by atoms with Gasteiger partial charge in [-0.05, 0) is 176 Å². The summed E-state index contributed by atoms with van der Waals surface area (Å²) >= 11 is 7.22. The Kier molecular flexibility index (Phi) is 15.5. The van der Waals surface area contributed by atoms with Gasteiger partial charge < -0.3 is 18.9 Å². The molecule has 0 unspecified atom stereocenters. The minimum absolute atomic E-state index is 0.131. The Balaban J connectivity index is 0.974. The molecule has 0 saturated carbocycles. The van der Waals surface area contributed by atoms with Crippen molar-refractivity contribution in [2.45, 2.75) is 26.2 Å². The third-order valence-corrected chi connectivity index (χ3v) is 19.7. The van der Waals surface area contributed by atoms with Crippen molar-refractivity contribution in [2.24, 2.45) is 0 Å². The van der Waals surface area contributed by atoms with E-state index in [-0.39, 0.29) is 5.41 Å². The molecule has 0 spiro atoms. The van der Waals surface area contributed by atoms with Crippen LogP contribution in [0.5, 0.6) is 0 Å². The summed E-state index contributed by atoms with van der Waals surface area (Å²) in [5.74, 6) is 0. The van der Waals surface area contributed by atoms with Crippen molar-refractivity contribution >= 4 is 89.3 Å². The van der Waals surface area contributed by atoms with Gasteiger partial charge in [-0.3, -0.25) is 0 Å². The molecule has 0 bridgehead atoms. The molecule has 0 saturated heterocycles. The van der Waals surface area contributed by atoms with Gasteiger partial charge in [-0.25, -0.2) is 0 Å². The number of para-hydroxylation sites is 6. The van der Waals surface area contributed by atoms with Crippen LogP contribution >= 0.6 is 11.6 Å². The van der Waals surface area contributed by atoms with Gasteiger partial charge in [-0.15, -0.1) is 0 Å². The molecule has 0 fully saturated rings. The first-order valence-electron chi connectivity index (χ1n) is 34.0. The fraction of sp³-hybridized carbons (Fsp3) is 0.0426. The first-order chi connectivity index (χ1) is 48.7. The van der Waals surface area contributed by atoms with Crippen LogP contribution in [0.1, 0.15) is 26.3 Å². The summed E-state index contributed by atoms with van der Waals surface area (Å²) in [7, 11) is 0. The average Bonchev–Trinajstić information content (AvgIpc) is 1.61. The highest BCUT2D eigenvalue weighted by atomic mass is 35.5. The lowest BCUT2D eigenvalue weighted by Crippen LogP contribution is -2.16. The SMILES string of the molecule is CC(C)(C)c1ccc(N(c2cccc(Cl)c2)c2cc(-c3cc(-c4ccccc4)cc(-c4ccccc4)c3)cc(N(c3cccc(-c4cccc(-n5c6ccccc6c6ccccc65)c4-n4c5ccccc5c5ccccc54)c3)c3ccccc3-c3ccccc3)c2)c(-c2ccccc2)c1. The lowest BCUT2D eigenvalue weighted by molar-refractivity contribution is 0.590. The van der Waals surface area contributed by atoms with Crippen LogP contribution in [-0.2, 0) is 5.41 Å². The second kappa shape index (κ2) is 25.4. The highest BCUT2D eigenvalue weighted by Crippen LogP contribution is 2.51. The summed E-state index contributed by atoms with van der Waals surface area (Å²) < 4.78 is 4.99. The summed E-state index contributed by atoms with van der Waals surface area (Å²) in [6.07, 6.45) is 0. The van der Waals surface area contributed by atoms with E-state index in [9.17, 15) is 0 Å². The van der Waals surface area contributed by atoms with Crippen molar-refractivity contribution < 1.29 is 0 Å². The van der Waals surface area contributed by atoms with Crippen molar-refractivity contribution in [3.8, 4) is 78.1 Å². The molecule has 0 amide bonds. The third-order valence-electron chi connectivity index (χ3n) is 19.4. The van der Waals surface area contributed by atoms with Gasteiger partial charge in [0.2, 0.25) is 0 Å². The van der Waals surface area contributed by atoms with E-state index in [1.165, 1.54) is 27.1 Å². The van der Waals surface area contributed by atoms with Crippen LogP contribution in [0, 0.1) is 0 Å². The van der Waals surface area contributed by atoms with Crippen LogP contribution in [0.3, 0.4) is 0 Å². The molecule has 2 aromatic heterocycles. The number of rotatable bonds is 14. The van der Waals surface area contributed by atoms with E-state index >= 15 is 0 Å². The minimum Gasteiger partial charge on any atom is -0.310 e. The van der Waals surface area contributed by atoms with E-state index < -0.39 is 0 Å². The number of halogens is 1. The molecule has 472 valence electrons. The Bertz CT molecular complexity index is 5700. The first-order valence-corrected chi connectivity index (χ1v) is 34.4. The summed E-state index contributed by atoms with van der Waals surface area (Å²) in [5, 5.41) is 5.45. The summed E-state index contributed by atoms with van der Waals surface area (Å²) in [4.78, 5) is 4.91. The molecule has 0 aliphatic rings. The zero-order valence-electron chi connectivity index (χ0n) is 55.3. The highest BCUT2D eigenvalue weighted by Gasteiger charge is 2.28. The maximum atomic E-state index is 7.22. The molecular formula is C94H69ClN4. The standard InChI is InChI=1S/C94H69ClN4/c1-94(2,3)73-53-54-91(85(61-73)67-35-14-7-15-36-67)97(76-40-27-38-74(95)62-76)78-60-72(71-56-69(64-29-8-4-9-30-64)55-70(57-71)65-31-10-5-11-32-65)59-77(63-78)96(86-47-21-16-41-79(86)66-33-12-6-13-34-66)75-39-26-37-68(58-75)80-46-28-52-92(98-87-48-22-17-42-81(87)82-43-18-23-49-88(82)98)93(80)99-89-50-24-19-44-83(89)84-45-20-25-51-90(84)99/h4-63H,1-3H3. The molecule has 2 heterocycles. The molecule has 0 atom stereocenters. The molecule has 0 N–H and O–H groups in total. The van der Waals surface area contributed by atoms with Gasteiger partial charge in [0.1, 0.15) is 0 Å². The lowest BCUT2D eigenvalue weighted by Gasteiger charge is -2.33. The number of hydrogen-bond acceptors (Lipinski definition) is 2. The molecule has 0 aliphatic heterocycles. The van der Waals surface area contributed by atoms with Gasteiger partial charge in [0.25, 0.3) is 0 Å². The number of benzene rings is 15. The molecular weight excluding hydrogens is 1220 g/mol. The average molecular weight is 1290 g/mol. The summed E-state index contributed by atoms with van der Waals surface area (Å²) in [6.45, 7) is 6.87. The van der Waals surface area contributed by atoms with Crippen LogP contribution in [0.15, 0.2) is 364 Å². The Morgan fingerprint density at radius 1 is 0.253 bits per heavy atom. The van der Waals surface area contributed by atoms with Crippen LogP contribution in [0.25, 0.3) is 122 Å². The normalized spacial score (nSPS) is 11.6. The Morgan fingerprint density at radius 2 is 0.636 bits per heavy atom. The van der Waals surface area contributed by atoms with Crippen LogP contribution < -0.4 is 9.80 Å². The maximum Gasteiger partial charge on any atom is 0.0781 e. The van der Waals surface area contributed by atoms with Gasteiger partial charge >= 0.3 is 0 Å². The van der Waals surface area contributed by atoms with Gasteiger partial charge in [0.15, 0.2) is 0 Å². The monoisotopic (exact) mass is 1290 g/mol. The fourth-order valence-electron chi connectivity index (χ4n) is 14.8. The van der Waals surface area contributed by atoms with E-state index in [0.29, 0.717) is 5.02 Å². The number of hydrogen-bond donors (Lipinski definition) is 0. The molecule has 0 radical (unpaired) electrons. The zero-order chi connectivity index (χ0) is 66.6. The molecule has 0 aliphatic carbocycles. The predicted octanol–water partition coefficient (Wildman–Crippen LogP) is 26.8. The summed E-state index contributed by atoms with van der Waals surface area (Å²) in [6, 6.07) is 133. The van der Waals surface area contributed by atoms with Crippen molar-refractivity contribution in [2.75, 3.05) is 9.80 Å². The van der Waals surface area contributed by atoms with Gasteiger partial charge in [-0.2, -0.15) is 0 Å². The van der Waals surface area contributed by atoms with E-state index in [1.807, 2.05) is 6.07 Å². The second-order valence-corrected chi connectivity index (χ2v) is 27.1. The van der Waals surface area contributed by atoms with Gasteiger partial charge in [0, 0.05) is 66.0 Å². The van der Waals surface area contributed by atoms with E-state index in [4.69, 9.17) is 11.6 Å². The Labute approximate surface area is 583 Å².